The number of nitrogens with zero attached hydrogens (tertiary/aromatic N) is 1. The van der Waals surface area contributed by atoms with Crippen molar-refractivity contribution in [2.75, 3.05) is 39.4 Å². The molecule has 2 rings (SSSR count). The molecule has 0 aromatic rings. The molecule has 0 radical (unpaired) electrons. The van der Waals surface area contributed by atoms with Gasteiger partial charge in [-0.05, 0) is 19.4 Å². The summed E-state index contributed by atoms with van der Waals surface area (Å²) in [6.07, 6.45) is 4.12. The molecule has 2 heterocycles. The van der Waals surface area contributed by atoms with Crippen LogP contribution in [0.2, 0.25) is 0 Å². The van der Waals surface area contributed by atoms with Gasteiger partial charge in [0, 0.05) is 25.7 Å². The van der Waals surface area contributed by atoms with Crippen LogP contribution in [0, 0.1) is 0 Å². The number of nitrogens with one attached hydrogen (secondary N) is 1. The lowest BCUT2D eigenvalue weighted by Crippen LogP contribution is -2.47. The molecule has 2 saturated heterocycles. The van der Waals surface area contributed by atoms with Gasteiger partial charge in [-0.3, -0.25) is 4.90 Å². The zero-order chi connectivity index (χ0) is 8.93. The number of piperidine rings is 1. The molecule has 0 aromatic heterocycles. The molecule has 0 saturated carbocycles. The van der Waals surface area contributed by atoms with E-state index in [9.17, 15) is 0 Å². The van der Waals surface area contributed by atoms with Gasteiger partial charge in [0.25, 0.3) is 0 Å². The Kier molecular flexibility index (Phi) is 3.58. The number of ether oxygens (including phenoxy) is 1. The van der Waals surface area contributed by atoms with Crippen LogP contribution in [-0.4, -0.2) is 50.3 Å². The smallest absolute Gasteiger partial charge is 0.0594 e. The third-order valence-corrected chi connectivity index (χ3v) is 2.99. The average Bonchev–Trinajstić information content (AvgIpc) is 2.21. The van der Waals surface area contributed by atoms with Crippen molar-refractivity contribution in [1.29, 1.82) is 0 Å². The fourth-order valence-corrected chi connectivity index (χ4v) is 2.18. The van der Waals surface area contributed by atoms with E-state index in [-0.39, 0.29) is 0 Å². The summed E-state index contributed by atoms with van der Waals surface area (Å²) in [6, 6.07) is 0.742. The molecule has 2 aliphatic heterocycles. The minimum atomic E-state index is 0.742. The van der Waals surface area contributed by atoms with Crippen molar-refractivity contribution >= 4 is 0 Å². The van der Waals surface area contributed by atoms with Crippen LogP contribution in [0.25, 0.3) is 0 Å². The van der Waals surface area contributed by atoms with Gasteiger partial charge in [0.05, 0.1) is 13.2 Å². The Morgan fingerprint density at radius 1 is 1.23 bits per heavy atom. The van der Waals surface area contributed by atoms with Crippen molar-refractivity contribution in [1.82, 2.24) is 10.2 Å². The molecule has 0 aliphatic carbocycles. The van der Waals surface area contributed by atoms with Gasteiger partial charge in [-0.2, -0.15) is 0 Å². The minimum Gasteiger partial charge on any atom is -0.379 e. The van der Waals surface area contributed by atoms with Gasteiger partial charge in [0.1, 0.15) is 0 Å². The molecule has 2 aliphatic rings. The normalized spacial score (nSPS) is 31.8. The lowest BCUT2D eigenvalue weighted by atomic mass is 10.0. The Balaban J connectivity index is 1.69. The second-order valence-electron chi connectivity index (χ2n) is 4.06. The third-order valence-electron chi connectivity index (χ3n) is 2.99. The fraction of sp³-hybridized carbons (Fsp3) is 1.00. The van der Waals surface area contributed by atoms with E-state index in [0.29, 0.717) is 0 Å². The van der Waals surface area contributed by atoms with Crippen molar-refractivity contribution in [3.63, 3.8) is 0 Å². The monoisotopic (exact) mass is 184 g/mol. The first-order valence-corrected chi connectivity index (χ1v) is 5.48. The number of hydrogen-bond acceptors (Lipinski definition) is 3. The Morgan fingerprint density at radius 2 is 2.08 bits per heavy atom. The van der Waals surface area contributed by atoms with Crippen LogP contribution in [0.1, 0.15) is 19.3 Å². The molecule has 0 aromatic carbocycles. The molecular formula is C10H20N2O. The van der Waals surface area contributed by atoms with Crippen molar-refractivity contribution in [3.8, 4) is 0 Å². The van der Waals surface area contributed by atoms with E-state index in [1.54, 1.807) is 0 Å². The van der Waals surface area contributed by atoms with Crippen LogP contribution in [0.5, 0.6) is 0 Å². The second-order valence-corrected chi connectivity index (χ2v) is 4.06. The topological polar surface area (TPSA) is 24.5 Å². The SMILES string of the molecule is C1CC[C@H](CN2CCOCC2)NC1. The summed E-state index contributed by atoms with van der Waals surface area (Å²) in [4.78, 5) is 2.52. The molecule has 1 N–H and O–H groups in total. The molecular weight excluding hydrogens is 164 g/mol. The standard InChI is InChI=1S/C10H20N2O/c1-2-4-11-10(3-1)9-12-5-7-13-8-6-12/h10-11H,1-9H2/t10-/m1/s1. The molecule has 0 bridgehead atoms. The van der Waals surface area contributed by atoms with Crippen molar-refractivity contribution < 1.29 is 4.74 Å². The summed E-state index contributed by atoms with van der Waals surface area (Å²) in [7, 11) is 0. The molecule has 1 atom stereocenters. The summed E-state index contributed by atoms with van der Waals surface area (Å²) in [5, 5.41) is 3.58. The summed E-state index contributed by atoms with van der Waals surface area (Å²) >= 11 is 0. The predicted molar refractivity (Wildman–Crippen MR) is 52.9 cm³/mol. The van der Waals surface area contributed by atoms with Gasteiger partial charge >= 0.3 is 0 Å². The first-order chi connectivity index (χ1) is 6.45. The van der Waals surface area contributed by atoms with E-state index in [4.69, 9.17) is 4.74 Å². The van der Waals surface area contributed by atoms with Crippen LogP contribution in [0.4, 0.5) is 0 Å². The summed E-state index contributed by atoms with van der Waals surface area (Å²) < 4.78 is 5.33. The molecule has 2 fully saturated rings. The van der Waals surface area contributed by atoms with Gasteiger partial charge in [-0.1, -0.05) is 6.42 Å². The highest BCUT2D eigenvalue weighted by atomic mass is 16.5. The van der Waals surface area contributed by atoms with Crippen molar-refractivity contribution in [3.05, 3.63) is 0 Å². The maximum atomic E-state index is 5.33. The van der Waals surface area contributed by atoms with Crippen LogP contribution < -0.4 is 5.32 Å². The number of hydrogen-bond donors (Lipinski definition) is 1. The summed E-state index contributed by atoms with van der Waals surface area (Å²) in [5.41, 5.74) is 0. The highest BCUT2D eigenvalue weighted by molar-refractivity contribution is 4.76. The molecule has 3 heteroatoms. The van der Waals surface area contributed by atoms with E-state index < -0.39 is 0 Å². The first-order valence-electron chi connectivity index (χ1n) is 5.48. The van der Waals surface area contributed by atoms with E-state index in [1.807, 2.05) is 0 Å². The maximum Gasteiger partial charge on any atom is 0.0594 e. The van der Waals surface area contributed by atoms with E-state index in [2.05, 4.69) is 10.2 Å². The molecule has 0 amide bonds. The quantitative estimate of drug-likeness (QED) is 0.675. The molecule has 13 heavy (non-hydrogen) atoms. The fourth-order valence-electron chi connectivity index (χ4n) is 2.18. The molecule has 0 unspecified atom stereocenters. The van der Waals surface area contributed by atoms with Gasteiger partial charge in [-0.25, -0.2) is 0 Å². The van der Waals surface area contributed by atoms with Crippen molar-refractivity contribution in [2.45, 2.75) is 25.3 Å². The molecule has 3 nitrogen and oxygen atoms in total. The van der Waals surface area contributed by atoms with Gasteiger partial charge in [0.2, 0.25) is 0 Å². The van der Waals surface area contributed by atoms with Crippen molar-refractivity contribution in [2.24, 2.45) is 0 Å². The van der Waals surface area contributed by atoms with Crippen LogP contribution in [-0.2, 0) is 4.74 Å². The zero-order valence-corrected chi connectivity index (χ0v) is 8.30. The predicted octanol–water partition coefficient (Wildman–Crippen LogP) is 0.461. The Labute approximate surface area is 80.4 Å². The summed E-state index contributed by atoms with van der Waals surface area (Å²) in [5.74, 6) is 0. The van der Waals surface area contributed by atoms with Gasteiger partial charge in [-0.15, -0.1) is 0 Å². The largest absolute Gasteiger partial charge is 0.379 e. The van der Waals surface area contributed by atoms with Crippen LogP contribution in [0.3, 0.4) is 0 Å². The highest BCUT2D eigenvalue weighted by Crippen LogP contribution is 2.09. The van der Waals surface area contributed by atoms with Gasteiger partial charge < -0.3 is 10.1 Å². The zero-order valence-electron chi connectivity index (χ0n) is 8.30. The van der Waals surface area contributed by atoms with Crippen LogP contribution in [0.15, 0.2) is 0 Å². The molecule has 0 spiro atoms. The second kappa shape index (κ2) is 4.94. The molecule has 76 valence electrons. The average molecular weight is 184 g/mol. The highest BCUT2D eigenvalue weighted by Gasteiger charge is 2.17. The first kappa shape index (κ1) is 9.44. The number of morpholine rings is 1. The lowest BCUT2D eigenvalue weighted by molar-refractivity contribution is 0.0321. The maximum absolute atomic E-state index is 5.33. The lowest BCUT2D eigenvalue weighted by Gasteiger charge is -2.32. The van der Waals surface area contributed by atoms with Crippen LogP contribution >= 0.6 is 0 Å². The van der Waals surface area contributed by atoms with Gasteiger partial charge in [0.15, 0.2) is 0 Å². The minimum absolute atomic E-state index is 0.742. The Hall–Kier alpha value is -0.120. The Bertz CT molecular complexity index is 124. The summed E-state index contributed by atoms with van der Waals surface area (Å²) in [6.45, 7) is 6.54. The van der Waals surface area contributed by atoms with E-state index in [1.165, 1.54) is 32.4 Å². The van der Waals surface area contributed by atoms with E-state index >= 15 is 0 Å². The number of rotatable bonds is 2. The third kappa shape index (κ3) is 2.93. The Morgan fingerprint density at radius 3 is 2.77 bits per heavy atom. The van der Waals surface area contributed by atoms with E-state index in [0.717, 1.165) is 32.3 Å².